The zero-order chi connectivity index (χ0) is 21.0. The third kappa shape index (κ3) is 5.12. The van der Waals surface area contributed by atoms with Crippen molar-refractivity contribution in [1.82, 2.24) is 20.3 Å². The normalized spacial score (nSPS) is 10.6. The number of hydrogen-bond acceptors (Lipinski definition) is 6. The van der Waals surface area contributed by atoms with Crippen LogP contribution in [0.4, 0.5) is 10.1 Å². The minimum Gasteiger partial charge on any atom is -0.346 e. The second kappa shape index (κ2) is 9.06. The first-order valence-electron chi connectivity index (χ1n) is 8.56. The first-order valence-corrected chi connectivity index (χ1v) is 9.76. The molecule has 0 aliphatic heterocycles. The van der Waals surface area contributed by atoms with Crippen molar-refractivity contribution in [1.29, 1.82) is 0 Å². The van der Waals surface area contributed by atoms with Gasteiger partial charge in [-0.15, -0.1) is 11.3 Å². The van der Waals surface area contributed by atoms with E-state index in [-0.39, 0.29) is 23.8 Å². The molecular weight excluding hydrogens is 417 g/mol. The maximum absolute atomic E-state index is 14.1. The van der Waals surface area contributed by atoms with Crippen LogP contribution in [0, 0.1) is 19.7 Å². The molecule has 0 radical (unpaired) electrons. The van der Waals surface area contributed by atoms with Gasteiger partial charge in [0.15, 0.2) is 0 Å². The lowest BCUT2D eigenvalue weighted by Crippen LogP contribution is -2.26. The fourth-order valence-corrected chi connectivity index (χ4v) is 3.46. The van der Waals surface area contributed by atoms with Crippen LogP contribution in [0.2, 0.25) is 5.02 Å². The maximum atomic E-state index is 14.1. The number of benzene rings is 1. The summed E-state index contributed by atoms with van der Waals surface area (Å²) in [6, 6.07) is 3.94. The monoisotopic (exact) mass is 433 g/mol. The van der Waals surface area contributed by atoms with Crippen molar-refractivity contribution in [2.24, 2.45) is 0 Å². The van der Waals surface area contributed by atoms with E-state index in [4.69, 9.17) is 11.6 Å². The number of carbonyl (C=O) groups is 2. The molecule has 10 heteroatoms. The van der Waals surface area contributed by atoms with E-state index in [1.165, 1.54) is 35.7 Å². The Morgan fingerprint density at radius 3 is 2.76 bits per heavy atom. The summed E-state index contributed by atoms with van der Waals surface area (Å²) in [5, 5.41) is 3.99. The Morgan fingerprint density at radius 2 is 2.10 bits per heavy atom. The quantitative estimate of drug-likeness (QED) is 0.576. The second-order valence-electron chi connectivity index (χ2n) is 6.14. The zero-order valence-corrected chi connectivity index (χ0v) is 17.2. The van der Waals surface area contributed by atoms with Gasteiger partial charge in [-0.1, -0.05) is 11.6 Å². The lowest BCUT2D eigenvalue weighted by molar-refractivity contribution is -0.107. The summed E-state index contributed by atoms with van der Waals surface area (Å²) >= 11 is 7.40. The highest BCUT2D eigenvalue weighted by Crippen LogP contribution is 2.24. The Labute approximate surface area is 175 Å². The van der Waals surface area contributed by atoms with Crippen LogP contribution in [0.15, 0.2) is 30.6 Å². The van der Waals surface area contributed by atoms with Gasteiger partial charge in [-0.2, -0.15) is 0 Å². The van der Waals surface area contributed by atoms with Gasteiger partial charge < -0.3 is 10.2 Å². The van der Waals surface area contributed by atoms with Crippen molar-refractivity contribution in [3.63, 3.8) is 0 Å². The van der Waals surface area contributed by atoms with E-state index in [2.05, 4.69) is 20.3 Å². The van der Waals surface area contributed by atoms with E-state index in [0.717, 1.165) is 14.8 Å². The van der Waals surface area contributed by atoms with Crippen LogP contribution >= 0.6 is 22.9 Å². The smallest absolute Gasteiger partial charge is 0.271 e. The summed E-state index contributed by atoms with van der Waals surface area (Å²) < 4.78 is 14.1. The molecule has 0 atom stereocenters. The maximum Gasteiger partial charge on any atom is 0.271 e. The Bertz CT molecular complexity index is 1060. The van der Waals surface area contributed by atoms with Crippen molar-refractivity contribution in [3.05, 3.63) is 68.4 Å². The predicted molar refractivity (Wildman–Crippen MR) is 108 cm³/mol. The van der Waals surface area contributed by atoms with Gasteiger partial charge in [0.1, 0.15) is 11.5 Å². The van der Waals surface area contributed by atoms with Crippen molar-refractivity contribution in [2.75, 3.05) is 4.90 Å². The Balaban J connectivity index is 1.72. The van der Waals surface area contributed by atoms with Gasteiger partial charge in [-0.3, -0.25) is 14.6 Å². The highest BCUT2D eigenvalue weighted by Gasteiger charge is 2.16. The molecule has 150 valence electrons. The van der Waals surface area contributed by atoms with Crippen molar-refractivity contribution in [3.8, 4) is 0 Å². The van der Waals surface area contributed by atoms with Gasteiger partial charge in [0, 0.05) is 16.1 Å². The minimum absolute atomic E-state index is 0.0123. The SMILES string of the molecule is Cc1ncc(CNC(=O)c2cnc(CN(C=O)c3cc(Cl)ccc3F)c(C)n2)s1. The van der Waals surface area contributed by atoms with Crippen LogP contribution < -0.4 is 10.2 Å². The number of halogens is 2. The number of amides is 2. The molecule has 0 aliphatic carbocycles. The van der Waals surface area contributed by atoms with Crippen LogP contribution in [0.25, 0.3) is 0 Å². The molecule has 0 saturated carbocycles. The molecule has 0 fully saturated rings. The number of nitrogens with one attached hydrogen (secondary N) is 1. The highest BCUT2D eigenvalue weighted by atomic mass is 35.5. The number of thiazole rings is 1. The Hall–Kier alpha value is -2.91. The molecule has 3 rings (SSSR count). The molecule has 0 aliphatic rings. The second-order valence-corrected chi connectivity index (χ2v) is 7.90. The molecular formula is C19H17ClFN5O2S. The molecule has 2 aromatic heterocycles. The van der Waals surface area contributed by atoms with E-state index in [1.54, 1.807) is 13.1 Å². The highest BCUT2D eigenvalue weighted by molar-refractivity contribution is 7.11. The number of nitrogens with zero attached hydrogens (tertiary/aromatic N) is 4. The van der Waals surface area contributed by atoms with Gasteiger partial charge in [0.25, 0.3) is 5.91 Å². The third-order valence-electron chi connectivity index (χ3n) is 4.04. The van der Waals surface area contributed by atoms with Crippen LogP contribution in [-0.4, -0.2) is 27.3 Å². The van der Waals surface area contributed by atoms with Crippen LogP contribution in [0.1, 0.15) is 31.8 Å². The number of anilines is 1. The topological polar surface area (TPSA) is 88.1 Å². The fourth-order valence-electron chi connectivity index (χ4n) is 2.56. The first kappa shape index (κ1) is 20.8. The Morgan fingerprint density at radius 1 is 1.31 bits per heavy atom. The molecule has 3 aromatic rings. The number of aromatic nitrogens is 3. The molecule has 7 nitrogen and oxygen atoms in total. The van der Waals surface area contributed by atoms with Gasteiger partial charge in [0.2, 0.25) is 6.41 Å². The largest absolute Gasteiger partial charge is 0.346 e. The molecule has 1 N–H and O–H groups in total. The molecule has 2 amide bonds. The van der Waals surface area contributed by atoms with Gasteiger partial charge in [-0.05, 0) is 32.0 Å². The summed E-state index contributed by atoms with van der Waals surface area (Å²) in [7, 11) is 0. The van der Waals surface area contributed by atoms with E-state index >= 15 is 0 Å². The molecule has 2 heterocycles. The van der Waals surface area contributed by atoms with Crippen LogP contribution in [-0.2, 0) is 17.9 Å². The average molecular weight is 434 g/mol. The standard InChI is InChI=1S/C19H17ClFN5O2S/c1-11-17(9-26(10-27)18-5-13(20)3-4-15(18)21)23-8-16(25-11)19(28)24-7-14-6-22-12(2)29-14/h3-6,8,10H,7,9H2,1-2H3,(H,24,28). The lowest BCUT2D eigenvalue weighted by Gasteiger charge is -2.19. The molecule has 29 heavy (non-hydrogen) atoms. The first-order chi connectivity index (χ1) is 13.9. The van der Waals surface area contributed by atoms with Gasteiger partial charge in [0.05, 0.1) is 41.4 Å². The van der Waals surface area contributed by atoms with Crippen LogP contribution in [0.5, 0.6) is 0 Å². The lowest BCUT2D eigenvalue weighted by atomic mass is 10.2. The summed E-state index contributed by atoms with van der Waals surface area (Å²) in [5.74, 6) is -0.951. The van der Waals surface area contributed by atoms with Crippen LogP contribution in [0.3, 0.4) is 0 Å². The number of rotatable bonds is 7. The molecule has 1 aromatic carbocycles. The summed E-state index contributed by atoms with van der Waals surface area (Å²) in [4.78, 5) is 38.5. The molecule has 0 saturated heterocycles. The molecule has 0 unspecified atom stereocenters. The summed E-state index contributed by atoms with van der Waals surface area (Å²) in [6.07, 6.45) is 3.53. The Kier molecular flexibility index (Phi) is 6.50. The van der Waals surface area contributed by atoms with Crippen molar-refractivity contribution >= 4 is 40.9 Å². The van der Waals surface area contributed by atoms with E-state index in [9.17, 15) is 14.0 Å². The van der Waals surface area contributed by atoms with Gasteiger partial charge in [-0.25, -0.2) is 14.4 Å². The number of aryl methyl sites for hydroxylation is 2. The fraction of sp³-hybridized carbons (Fsp3) is 0.211. The zero-order valence-electron chi connectivity index (χ0n) is 15.6. The van der Waals surface area contributed by atoms with Gasteiger partial charge >= 0.3 is 0 Å². The summed E-state index contributed by atoms with van der Waals surface area (Å²) in [5.41, 5.74) is 1.08. The van der Waals surface area contributed by atoms with E-state index in [1.807, 2.05) is 6.92 Å². The predicted octanol–water partition coefficient (Wildman–Crippen LogP) is 3.44. The number of carbonyl (C=O) groups excluding carboxylic acids is 2. The molecule has 0 spiro atoms. The van der Waals surface area contributed by atoms with Crippen molar-refractivity contribution in [2.45, 2.75) is 26.9 Å². The minimum atomic E-state index is -0.582. The summed E-state index contributed by atoms with van der Waals surface area (Å²) in [6.45, 7) is 3.89. The van der Waals surface area contributed by atoms with E-state index in [0.29, 0.717) is 29.4 Å². The average Bonchev–Trinajstić information content (AvgIpc) is 3.12. The number of hydrogen-bond donors (Lipinski definition) is 1. The van der Waals surface area contributed by atoms with Crippen molar-refractivity contribution < 1.29 is 14.0 Å². The third-order valence-corrected chi connectivity index (χ3v) is 5.19. The van der Waals surface area contributed by atoms with E-state index < -0.39 is 5.82 Å². The molecule has 0 bridgehead atoms.